The van der Waals surface area contributed by atoms with Gasteiger partial charge in [-0.3, -0.25) is 10.5 Å². The second kappa shape index (κ2) is 7.17. The topological polar surface area (TPSA) is 65.1 Å². The van der Waals surface area contributed by atoms with Crippen molar-refractivity contribution in [2.45, 2.75) is 26.4 Å². The molecule has 0 aliphatic heterocycles. The molecule has 0 amide bonds. The minimum atomic E-state index is -0.127. The number of nitrogens with zero attached hydrogens (tertiary/aromatic N) is 2. The highest BCUT2D eigenvalue weighted by Gasteiger charge is 2.21. The quantitative estimate of drug-likeness (QED) is 0.619. The van der Waals surface area contributed by atoms with E-state index < -0.39 is 0 Å². The van der Waals surface area contributed by atoms with Gasteiger partial charge in [0, 0.05) is 7.11 Å². The summed E-state index contributed by atoms with van der Waals surface area (Å²) in [5, 5.41) is 4.39. The highest BCUT2D eigenvalue weighted by Crippen LogP contribution is 2.29. The molecule has 0 saturated heterocycles. The van der Waals surface area contributed by atoms with Crippen molar-refractivity contribution < 1.29 is 4.74 Å². The molecule has 1 heterocycles. The van der Waals surface area contributed by atoms with Gasteiger partial charge in [0.1, 0.15) is 0 Å². The maximum absolute atomic E-state index is 5.82. The van der Waals surface area contributed by atoms with Crippen LogP contribution in [-0.4, -0.2) is 23.5 Å². The average Bonchev–Trinajstić information content (AvgIpc) is 2.78. The van der Waals surface area contributed by atoms with Gasteiger partial charge in [0.05, 0.1) is 35.6 Å². The van der Waals surface area contributed by atoms with Crippen LogP contribution in [-0.2, 0) is 11.3 Å². The molecule has 2 aromatic rings. The number of nitrogens with two attached hydrogens (primary N) is 1. The fourth-order valence-electron chi connectivity index (χ4n) is 2.52. The van der Waals surface area contributed by atoms with Crippen molar-refractivity contribution in [3.8, 4) is 0 Å². The number of benzene rings is 1. The Balaban J connectivity index is 2.43. The first kappa shape index (κ1) is 16.2. The van der Waals surface area contributed by atoms with Gasteiger partial charge in [-0.05, 0) is 35.3 Å². The van der Waals surface area contributed by atoms with Crippen LogP contribution in [0, 0.1) is 13.8 Å². The number of aryl methyl sites for hydroxylation is 2. The first-order valence-corrected chi connectivity index (χ1v) is 7.60. The van der Waals surface area contributed by atoms with Crippen molar-refractivity contribution in [2.24, 2.45) is 5.84 Å². The van der Waals surface area contributed by atoms with Crippen molar-refractivity contribution >= 4 is 15.9 Å². The summed E-state index contributed by atoms with van der Waals surface area (Å²) in [6.45, 7) is 5.45. The zero-order valence-electron chi connectivity index (χ0n) is 12.6. The number of aromatic nitrogens is 2. The third kappa shape index (κ3) is 3.71. The molecule has 1 aromatic carbocycles. The van der Waals surface area contributed by atoms with Gasteiger partial charge in [-0.2, -0.15) is 5.10 Å². The van der Waals surface area contributed by atoms with Crippen molar-refractivity contribution in [1.29, 1.82) is 0 Å². The molecule has 0 aliphatic rings. The molecule has 3 N–H and O–H groups in total. The maximum atomic E-state index is 5.82. The Morgan fingerprint density at radius 1 is 1.33 bits per heavy atom. The Bertz CT molecular complexity index is 591. The van der Waals surface area contributed by atoms with Crippen molar-refractivity contribution in [2.75, 3.05) is 13.7 Å². The fourth-order valence-corrected chi connectivity index (χ4v) is 3.05. The van der Waals surface area contributed by atoms with Crippen LogP contribution < -0.4 is 11.3 Å². The zero-order valence-corrected chi connectivity index (χ0v) is 14.1. The van der Waals surface area contributed by atoms with Gasteiger partial charge < -0.3 is 4.74 Å². The molecule has 21 heavy (non-hydrogen) atoms. The van der Waals surface area contributed by atoms with Crippen molar-refractivity contribution in [1.82, 2.24) is 15.2 Å². The lowest BCUT2D eigenvalue weighted by atomic mass is 9.99. The largest absolute Gasteiger partial charge is 0.383 e. The number of hydrogen-bond donors (Lipinski definition) is 2. The molecule has 114 valence electrons. The normalized spacial score (nSPS) is 12.6. The molecule has 5 nitrogen and oxygen atoms in total. The molecule has 0 spiro atoms. The third-order valence-corrected chi connectivity index (χ3v) is 3.97. The van der Waals surface area contributed by atoms with E-state index in [9.17, 15) is 0 Å². The third-order valence-electron chi connectivity index (χ3n) is 3.36. The number of halogens is 1. The van der Waals surface area contributed by atoms with Crippen LogP contribution in [0.3, 0.4) is 0 Å². The molecule has 0 saturated carbocycles. The van der Waals surface area contributed by atoms with Crippen LogP contribution in [0.25, 0.3) is 0 Å². The molecule has 6 heteroatoms. The van der Waals surface area contributed by atoms with Crippen LogP contribution in [0.5, 0.6) is 0 Å². The second-order valence-corrected chi connectivity index (χ2v) is 5.97. The highest BCUT2D eigenvalue weighted by atomic mass is 79.9. The Morgan fingerprint density at radius 2 is 2.00 bits per heavy atom. The van der Waals surface area contributed by atoms with Crippen LogP contribution in [0.1, 0.15) is 28.4 Å². The lowest BCUT2D eigenvalue weighted by Crippen LogP contribution is -2.31. The lowest BCUT2D eigenvalue weighted by Gasteiger charge is -2.20. The summed E-state index contributed by atoms with van der Waals surface area (Å²) in [7, 11) is 1.68. The van der Waals surface area contributed by atoms with E-state index in [2.05, 4.69) is 58.5 Å². The molecule has 0 aliphatic carbocycles. The Labute approximate surface area is 133 Å². The molecule has 1 atom stereocenters. The van der Waals surface area contributed by atoms with Crippen LogP contribution >= 0.6 is 15.9 Å². The van der Waals surface area contributed by atoms with E-state index in [0.29, 0.717) is 13.2 Å². The highest BCUT2D eigenvalue weighted by molar-refractivity contribution is 9.10. The van der Waals surface area contributed by atoms with Gasteiger partial charge in [-0.15, -0.1) is 0 Å². The van der Waals surface area contributed by atoms with Crippen molar-refractivity contribution in [3.63, 3.8) is 0 Å². The van der Waals surface area contributed by atoms with Gasteiger partial charge in [0.2, 0.25) is 0 Å². The van der Waals surface area contributed by atoms with E-state index in [4.69, 9.17) is 10.6 Å². The predicted molar refractivity (Wildman–Crippen MR) is 86.9 cm³/mol. The number of hydrazine groups is 1. The first-order chi connectivity index (χ1) is 10.1. The Hall–Kier alpha value is -1.21. The minimum Gasteiger partial charge on any atom is -0.383 e. The van der Waals surface area contributed by atoms with E-state index >= 15 is 0 Å². The molecule has 1 unspecified atom stereocenters. The smallest absolute Gasteiger partial charge is 0.0890 e. The summed E-state index contributed by atoms with van der Waals surface area (Å²) >= 11 is 3.57. The number of hydrogen-bond acceptors (Lipinski definition) is 4. The van der Waals surface area contributed by atoms with E-state index in [0.717, 1.165) is 15.7 Å². The lowest BCUT2D eigenvalue weighted by molar-refractivity contribution is 0.182. The molecule has 1 aromatic heterocycles. The van der Waals surface area contributed by atoms with Gasteiger partial charge in [0.25, 0.3) is 0 Å². The number of ether oxygens (including phenoxy) is 1. The summed E-state index contributed by atoms with van der Waals surface area (Å²) in [5.41, 5.74) is 7.45. The molecule has 0 fully saturated rings. The molecule has 2 rings (SSSR count). The first-order valence-electron chi connectivity index (χ1n) is 6.81. The average molecular weight is 353 g/mol. The summed E-state index contributed by atoms with van der Waals surface area (Å²) in [5.74, 6) is 5.82. The molecule has 0 bridgehead atoms. The van der Waals surface area contributed by atoms with E-state index in [1.807, 2.05) is 4.68 Å². The van der Waals surface area contributed by atoms with Crippen LogP contribution in [0.2, 0.25) is 0 Å². The molecular formula is C15H21BrN4O. The Kier molecular flexibility index (Phi) is 5.52. The van der Waals surface area contributed by atoms with Crippen LogP contribution in [0.4, 0.5) is 0 Å². The molecule has 0 radical (unpaired) electrons. The predicted octanol–water partition coefficient (Wildman–Crippen LogP) is 2.46. The number of rotatable bonds is 6. The van der Waals surface area contributed by atoms with Crippen LogP contribution in [0.15, 0.2) is 28.9 Å². The van der Waals surface area contributed by atoms with E-state index in [1.165, 1.54) is 11.1 Å². The molecular weight excluding hydrogens is 332 g/mol. The number of nitrogens with one attached hydrogen (secondary N) is 1. The standard InChI is InChI=1S/C15H21BrN4O/c1-10-6-11(2)8-12(7-10)14(19-17)15-13(16)9-18-20(15)4-5-21-3/h6-9,14,19H,4-5,17H2,1-3H3. The maximum Gasteiger partial charge on any atom is 0.0890 e. The van der Waals surface area contributed by atoms with Crippen molar-refractivity contribution in [3.05, 3.63) is 51.3 Å². The van der Waals surface area contributed by atoms with Gasteiger partial charge in [-0.1, -0.05) is 29.3 Å². The zero-order chi connectivity index (χ0) is 15.4. The van der Waals surface area contributed by atoms with Gasteiger partial charge in [-0.25, -0.2) is 5.43 Å². The van der Waals surface area contributed by atoms with Gasteiger partial charge >= 0.3 is 0 Å². The SMILES string of the molecule is COCCn1ncc(Br)c1C(NN)c1cc(C)cc(C)c1. The van der Waals surface area contributed by atoms with E-state index in [-0.39, 0.29) is 6.04 Å². The fraction of sp³-hybridized carbons (Fsp3) is 0.400. The number of methoxy groups -OCH3 is 1. The second-order valence-electron chi connectivity index (χ2n) is 5.11. The monoisotopic (exact) mass is 352 g/mol. The van der Waals surface area contributed by atoms with E-state index in [1.54, 1.807) is 13.3 Å². The Morgan fingerprint density at radius 3 is 2.57 bits per heavy atom. The minimum absolute atomic E-state index is 0.127. The summed E-state index contributed by atoms with van der Waals surface area (Å²) in [6, 6.07) is 6.29. The van der Waals surface area contributed by atoms with Gasteiger partial charge in [0.15, 0.2) is 0 Å². The summed E-state index contributed by atoms with van der Waals surface area (Å²) in [6.07, 6.45) is 1.79. The summed E-state index contributed by atoms with van der Waals surface area (Å²) in [4.78, 5) is 0. The summed E-state index contributed by atoms with van der Waals surface area (Å²) < 4.78 is 7.98.